The van der Waals surface area contributed by atoms with Gasteiger partial charge in [-0.1, -0.05) is 60.7 Å². The summed E-state index contributed by atoms with van der Waals surface area (Å²) in [5.41, 5.74) is 1.76. The third kappa shape index (κ3) is 13.6. The van der Waals surface area contributed by atoms with Gasteiger partial charge in [-0.15, -0.1) is 0 Å². The molecular formula is C26H32N2O8. The lowest BCUT2D eigenvalue weighted by atomic mass is 10.2. The molecule has 0 radical (unpaired) electrons. The number of carbonyl (C=O) groups excluding carboxylic acids is 4. The summed E-state index contributed by atoms with van der Waals surface area (Å²) in [4.78, 5) is 46.6. The minimum Gasteiger partial charge on any atom is -0.462 e. The van der Waals surface area contributed by atoms with E-state index in [4.69, 9.17) is 18.9 Å². The number of nitrogens with one attached hydrogen (secondary N) is 2. The van der Waals surface area contributed by atoms with Crippen LogP contribution in [0.2, 0.25) is 0 Å². The van der Waals surface area contributed by atoms with Gasteiger partial charge in [0.05, 0.1) is 0 Å². The van der Waals surface area contributed by atoms with Crippen LogP contribution in [0, 0.1) is 0 Å². The molecule has 0 saturated heterocycles. The van der Waals surface area contributed by atoms with Crippen molar-refractivity contribution in [1.82, 2.24) is 10.6 Å². The van der Waals surface area contributed by atoms with Crippen molar-refractivity contribution in [3.05, 3.63) is 71.8 Å². The number of amides is 2. The number of alkyl carbamates (subject to hydrolysis) is 2. The summed E-state index contributed by atoms with van der Waals surface area (Å²) in [6.07, 6.45) is -0.116. The fourth-order valence-electron chi connectivity index (χ4n) is 2.85. The molecule has 0 fully saturated rings. The quantitative estimate of drug-likeness (QED) is 0.216. The zero-order valence-electron chi connectivity index (χ0n) is 20.1. The predicted octanol–water partition coefficient (Wildman–Crippen LogP) is 3.49. The van der Waals surface area contributed by atoms with Crippen molar-refractivity contribution in [2.24, 2.45) is 0 Å². The minimum absolute atomic E-state index is 0.0544. The Labute approximate surface area is 210 Å². The van der Waals surface area contributed by atoms with E-state index in [2.05, 4.69) is 10.6 Å². The van der Waals surface area contributed by atoms with Gasteiger partial charge in [0.1, 0.15) is 26.4 Å². The van der Waals surface area contributed by atoms with Gasteiger partial charge in [-0.2, -0.15) is 0 Å². The molecule has 2 rings (SSSR count). The van der Waals surface area contributed by atoms with Crippen LogP contribution in [-0.2, 0) is 41.8 Å². The minimum atomic E-state index is -0.557. The summed E-state index contributed by atoms with van der Waals surface area (Å²) in [6, 6.07) is 18.6. The number of hydrogen-bond donors (Lipinski definition) is 2. The molecular weight excluding hydrogens is 468 g/mol. The topological polar surface area (TPSA) is 129 Å². The summed E-state index contributed by atoms with van der Waals surface area (Å²) in [5.74, 6) is -0.910. The van der Waals surface area contributed by atoms with Crippen molar-refractivity contribution < 1.29 is 38.1 Å². The second-order valence-corrected chi connectivity index (χ2v) is 7.63. The molecule has 2 aromatic rings. The monoisotopic (exact) mass is 500 g/mol. The van der Waals surface area contributed by atoms with Crippen molar-refractivity contribution in [3.8, 4) is 0 Å². The standard InChI is InChI=1S/C26H32N2O8/c29-23(13-7-15-27-25(31)35-19-21-9-3-1-4-10-21)33-17-18-34-24(30)14-8-16-28-26(32)36-20-22-11-5-2-6-12-22/h1-6,9-12H,7-8,13-20H2,(H,27,31)(H,28,32). The number of carbonyl (C=O) groups is 4. The largest absolute Gasteiger partial charge is 0.462 e. The zero-order chi connectivity index (χ0) is 25.8. The number of esters is 2. The molecule has 10 heteroatoms. The lowest BCUT2D eigenvalue weighted by molar-refractivity contribution is -0.152. The van der Waals surface area contributed by atoms with Crippen LogP contribution in [-0.4, -0.2) is 50.4 Å². The Morgan fingerprint density at radius 1 is 0.556 bits per heavy atom. The predicted molar refractivity (Wildman–Crippen MR) is 130 cm³/mol. The molecule has 2 N–H and O–H groups in total. The van der Waals surface area contributed by atoms with Crippen LogP contribution in [0.4, 0.5) is 9.59 Å². The van der Waals surface area contributed by atoms with E-state index in [1.54, 1.807) is 0 Å². The van der Waals surface area contributed by atoms with Crippen LogP contribution < -0.4 is 10.6 Å². The summed E-state index contributed by atoms with van der Waals surface area (Å²) < 4.78 is 20.1. The van der Waals surface area contributed by atoms with Crippen LogP contribution in [0.3, 0.4) is 0 Å². The normalized spacial score (nSPS) is 10.1. The Kier molecular flexibility index (Phi) is 13.6. The molecule has 0 atom stereocenters. The highest BCUT2D eigenvalue weighted by molar-refractivity contribution is 5.71. The van der Waals surface area contributed by atoms with Crippen molar-refractivity contribution in [2.45, 2.75) is 38.9 Å². The Hall–Kier alpha value is -4.08. The first-order valence-electron chi connectivity index (χ1n) is 11.7. The highest BCUT2D eigenvalue weighted by Gasteiger charge is 2.08. The number of rotatable bonds is 15. The second kappa shape index (κ2) is 17.4. The number of hydrogen-bond acceptors (Lipinski definition) is 8. The van der Waals surface area contributed by atoms with Gasteiger partial charge in [-0.25, -0.2) is 9.59 Å². The molecule has 0 bridgehead atoms. The first-order valence-corrected chi connectivity index (χ1v) is 11.7. The Bertz CT molecular complexity index is 860. The van der Waals surface area contributed by atoms with Gasteiger partial charge in [0, 0.05) is 25.9 Å². The molecule has 0 saturated carbocycles. The molecule has 2 aromatic carbocycles. The molecule has 0 spiro atoms. The fourth-order valence-corrected chi connectivity index (χ4v) is 2.85. The molecule has 0 aliphatic heterocycles. The molecule has 0 heterocycles. The van der Waals surface area contributed by atoms with Crippen molar-refractivity contribution in [3.63, 3.8) is 0 Å². The van der Waals surface area contributed by atoms with Crippen LogP contribution in [0.1, 0.15) is 36.8 Å². The molecule has 0 aliphatic rings. The summed E-state index contributed by atoms with van der Waals surface area (Å²) in [6.45, 7) is 0.774. The first kappa shape index (κ1) is 28.2. The fraction of sp³-hybridized carbons (Fsp3) is 0.385. The molecule has 0 aliphatic carbocycles. The van der Waals surface area contributed by atoms with Crippen LogP contribution in [0.15, 0.2) is 60.7 Å². The van der Waals surface area contributed by atoms with Gasteiger partial charge in [0.2, 0.25) is 0 Å². The van der Waals surface area contributed by atoms with Crippen molar-refractivity contribution in [1.29, 1.82) is 0 Å². The van der Waals surface area contributed by atoms with Crippen LogP contribution in [0.25, 0.3) is 0 Å². The van der Waals surface area contributed by atoms with E-state index in [0.29, 0.717) is 12.8 Å². The maximum absolute atomic E-state index is 11.7. The van der Waals surface area contributed by atoms with E-state index in [-0.39, 0.29) is 52.4 Å². The highest BCUT2D eigenvalue weighted by Crippen LogP contribution is 2.02. The number of benzene rings is 2. The molecule has 2 amide bonds. The molecule has 0 unspecified atom stereocenters. The average molecular weight is 501 g/mol. The lowest BCUT2D eigenvalue weighted by Crippen LogP contribution is -2.26. The van der Waals surface area contributed by atoms with Crippen molar-refractivity contribution >= 4 is 24.1 Å². The third-order valence-electron chi connectivity index (χ3n) is 4.69. The maximum atomic E-state index is 11.7. The van der Waals surface area contributed by atoms with Crippen molar-refractivity contribution in [2.75, 3.05) is 26.3 Å². The molecule has 36 heavy (non-hydrogen) atoms. The summed E-state index contributed by atoms with van der Waals surface area (Å²) in [7, 11) is 0. The maximum Gasteiger partial charge on any atom is 0.407 e. The summed E-state index contributed by atoms with van der Waals surface area (Å²) >= 11 is 0. The average Bonchev–Trinajstić information content (AvgIpc) is 2.90. The van der Waals surface area contributed by atoms with E-state index in [1.165, 1.54) is 0 Å². The van der Waals surface area contributed by atoms with Gasteiger partial charge in [-0.3, -0.25) is 9.59 Å². The SMILES string of the molecule is O=C(CCCNC(=O)OCc1ccccc1)OCCOC(=O)CCCNC(=O)OCc1ccccc1. The molecule has 194 valence electrons. The van der Waals surface area contributed by atoms with Crippen LogP contribution >= 0.6 is 0 Å². The highest BCUT2D eigenvalue weighted by atomic mass is 16.6. The zero-order valence-corrected chi connectivity index (χ0v) is 20.1. The van der Waals surface area contributed by atoms with Gasteiger partial charge < -0.3 is 29.6 Å². The van der Waals surface area contributed by atoms with E-state index < -0.39 is 24.1 Å². The molecule has 0 aromatic heterocycles. The Morgan fingerprint density at radius 2 is 0.944 bits per heavy atom. The van der Waals surface area contributed by atoms with Gasteiger partial charge in [0.15, 0.2) is 0 Å². The van der Waals surface area contributed by atoms with Gasteiger partial charge in [0.25, 0.3) is 0 Å². The Balaban J connectivity index is 1.38. The van der Waals surface area contributed by atoms with E-state index in [0.717, 1.165) is 11.1 Å². The third-order valence-corrected chi connectivity index (χ3v) is 4.69. The summed E-state index contributed by atoms with van der Waals surface area (Å²) in [5, 5.41) is 5.13. The number of ether oxygens (including phenoxy) is 4. The van der Waals surface area contributed by atoms with E-state index in [1.807, 2.05) is 60.7 Å². The van der Waals surface area contributed by atoms with Gasteiger partial charge >= 0.3 is 24.1 Å². The van der Waals surface area contributed by atoms with E-state index in [9.17, 15) is 19.2 Å². The second-order valence-electron chi connectivity index (χ2n) is 7.63. The van der Waals surface area contributed by atoms with Crippen LogP contribution in [0.5, 0.6) is 0 Å². The Morgan fingerprint density at radius 3 is 1.33 bits per heavy atom. The lowest BCUT2D eigenvalue weighted by Gasteiger charge is -2.08. The first-order chi connectivity index (χ1) is 17.5. The smallest absolute Gasteiger partial charge is 0.407 e. The van der Waals surface area contributed by atoms with Gasteiger partial charge in [-0.05, 0) is 24.0 Å². The molecule has 10 nitrogen and oxygen atoms in total. The van der Waals surface area contributed by atoms with E-state index >= 15 is 0 Å².